The number of amides is 2. The van der Waals surface area contributed by atoms with Gasteiger partial charge in [-0.25, -0.2) is 9.78 Å². The van der Waals surface area contributed by atoms with E-state index in [0.717, 1.165) is 30.7 Å². The number of carbonyl (C=O) groups is 2. The molecule has 22 heavy (non-hydrogen) atoms. The van der Waals surface area contributed by atoms with Gasteiger partial charge in [0.1, 0.15) is 11.3 Å². The molecule has 3 N–H and O–H groups in total. The summed E-state index contributed by atoms with van der Waals surface area (Å²) < 4.78 is 4.98. The fourth-order valence-corrected chi connectivity index (χ4v) is 2.90. The first kappa shape index (κ1) is 14.4. The molecule has 2 aromatic rings. The van der Waals surface area contributed by atoms with E-state index in [-0.39, 0.29) is 11.8 Å². The molecule has 1 aromatic carbocycles. The van der Waals surface area contributed by atoms with Crippen molar-refractivity contribution in [2.45, 2.75) is 25.7 Å². The lowest BCUT2D eigenvalue weighted by molar-refractivity contribution is -0.130. The molecule has 0 bridgehead atoms. The molecule has 116 valence electrons. The van der Waals surface area contributed by atoms with Crippen molar-refractivity contribution >= 4 is 23.0 Å². The normalized spacial score (nSPS) is 18.4. The largest absolute Gasteiger partial charge is 0.410 e. The minimum atomic E-state index is -0.863. The SMILES string of the molecule is CC(=O)N1CCCC(c2nc3c(OC(N)=O)cccc3[nH]2)C1. The maximum absolute atomic E-state index is 11.5. The minimum Gasteiger partial charge on any atom is -0.408 e. The zero-order valence-corrected chi connectivity index (χ0v) is 12.3. The third-order valence-electron chi connectivity index (χ3n) is 3.96. The molecule has 0 aliphatic carbocycles. The lowest BCUT2D eigenvalue weighted by atomic mass is 9.97. The van der Waals surface area contributed by atoms with Gasteiger partial charge in [-0.1, -0.05) is 6.07 Å². The molecule has 0 spiro atoms. The van der Waals surface area contributed by atoms with Gasteiger partial charge >= 0.3 is 6.09 Å². The third-order valence-corrected chi connectivity index (χ3v) is 3.96. The van der Waals surface area contributed by atoms with Crippen molar-refractivity contribution in [2.24, 2.45) is 5.73 Å². The van der Waals surface area contributed by atoms with E-state index in [0.29, 0.717) is 17.8 Å². The number of nitrogens with zero attached hydrogens (tertiary/aromatic N) is 2. The van der Waals surface area contributed by atoms with E-state index in [4.69, 9.17) is 10.5 Å². The molecular weight excluding hydrogens is 284 g/mol. The molecule has 1 aliphatic heterocycles. The van der Waals surface area contributed by atoms with Crippen molar-refractivity contribution < 1.29 is 14.3 Å². The van der Waals surface area contributed by atoms with Crippen molar-refractivity contribution in [3.05, 3.63) is 24.0 Å². The maximum Gasteiger partial charge on any atom is 0.410 e. The Labute approximate surface area is 127 Å². The van der Waals surface area contributed by atoms with Crippen molar-refractivity contribution in [1.29, 1.82) is 0 Å². The smallest absolute Gasteiger partial charge is 0.408 e. The number of benzene rings is 1. The highest BCUT2D eigenvalue weighted by Crippen LogP contribution is 2.30. The number of hydrogen-bond donors (Lipinski definition) is 2. The highest BCUT2D eigenvalue weighted by atomic mass is 16.5. The van der Waals surface area contributed by atoms with Crippen LogP contribution in [0, 0.1) is 0 Å². The molecular formula is C15H18N4O3. The number of primary amides is 1. The zero-order valence-electron chi connectivity index (χ0n) is 12.3. The number of fused-ring (bicyclic) bond motifs is 1. The van der Waals surface area contributed by atoms with Gasteiger partial charge in [0.25, 0.3) is 0 Å². The Hall–Kier alpha value is -2.57. The second kappa shape index (κ2) is 5.67. The number of ether oxygens (including phenoxy) is 1. The van der Waals surface area contributed by atoms with Crippen LogP contribution in [-0.4, -0.2) is 40.0 Å². The molecule has 2 amide bonds. The summed E-state index contributed by atoms with van der Waals surface area (Å²) in [4.78, 5) is 32.2. The highest BCUT2D eigenvalue weighted by molar-refractivity contribution is 5.84. The average Bonchev–Trinajstić information content (AvgIpc) is 2.92. The molecule has 2 heterocycles. The Morgan fingerprint density at radius 2 is 2.27 bits per heavy atom. The Morgan fingerprint density at radius 1 is 1.45 bits per heavy atom. The van der Waals surface area contributed by atoms with Crippen molar-refractivity contribution in [1.82, 2.24) is 14.9 Å². The Morgan fingerprint density at radius 3 is 3.00 bits per heavy atom. The van der Waals surface area contributed by atoms with E-state index in [9.17, 15) is 9.59 Å². The van der Waals surface area contributed by atoms with Gasteiger partial charge in [0.05, 0.1) is 5.52 Å². The summed E-state index contributed by atoms with van der Waals surface area (Å²) in [5.74, 6) is 1.39. The number of likely N-dealkylation sites (tertiary alicyclic amines) is 1. The third kappa shape index (κ3) is 2.74. The van der Waals surface area contributed by atoms with E-state index in [1.165, 1.54) is 0 Å². The van der Waals surface area contributed by atoms with Gasteiger partial charge in [0, 0.05) is 25.9 Å². The second-order valence-corrected chi connectivity index (χ2v) is 5.50. The number of para-hydroxylation sites is 1. The molecule has 7 heteroatoms. The van der Waals surface area contributed by atoms with E-state index >= 15 is 0 Å². The molecule has 1 fully saturated rings. The molecule has 1 atom stereocenters. The van der Waals surface area contributed by atoms with Crippen LogP contribution in [0.5, 0.6) is 5.75 Å². The van der Waals surface area contributed by atoms with Crippen LogP contribution in [0.1, 0.15) is 31.5 Å². The summed E-state index contributed by atoms with van der Waals surface area (Å²) in [6.45, 7) is 3.03. The Kier molecular flexibility index (Phi) is 3.70. The lowest BCUT2D eigenvalue weighted by Crippen LogP contribution is -2.37. The molecule has 0 radical (unpaired) electrons. The van der Waals surface area contributed by atoms with Crippen LogP contribution in [0.4, 0.5) is 4.79 Å². The number of aromatic amines is 1. The number of hydrogen-bond acceptors (Lipinski definition) is 4. The predicted octanol–water partition coefficient (Wildman–Crippen LogP) is 1.75. The Bertz CT molecular complexity index is 725. The first-order valence-corrected chi connectivity index (χ1v) is 7.26. The molecule has 1 unspecified atom stereocenters. The number of imidazole rings is 1. The predicted molar refractivity (Wildman–Crippen MR) is 80.5 cm³/mol. The molecule has 1 aromatic heterocycles. The summed E-state index contributed by atoms with van der Waals surface area (Å²) in [6.07, 6.45) is 1.05. The molecule has 3 rings (SSSR count). The van der Waals surface area contributed by atoms with E-state index < -0.39 is 6.09 Å². The Balaban J connectivity index is 1.91. The minimum absolute atomic E-state index is 0.0820. The van der Waals surface area contributed by atoms with E-state index in [1.807, 2.05) is 11.0 Å². The summed E-state index contributed by atoms with van der Waals surface area (Å²) in [7, 11) is 0. The molecule has 1 aliphatic rings. The van der Waals surface area contributed by atoms with Gasteiger partial charge in [-0.3, -0.25) is 4.79 Å². The van der Waals surface area contributed by atoms with Crippen LogP contribution < -0.4 is 10.5 Å². The maximum atomic E-state index is 11.5. The monoisotopic (exact) mass is 302 g/mol. The van der Waals surface area contributed by atoms with Crippen molar-refractivity contribution in [3.8, 4) is 5.75 Å². The summed E-state index contributed by atoms with van der Waals surface area (Å²) in [6, 6.07) is 5.29. The average molecular weight is 302 g/mol. The fraction of sp³-hybridized carbons (Fsp3) is 0.400. The topological polar surface area (TPSA) is 101 Å². The van der Waals surface area contributed by atoms with Gasteiger partial charge in [-0.2, -0.15) is 0 Å². The number of aromatic nitrogens is 2. The highest BCUT2D eigenvalue weighted by Gasteiger charge is 2.25. The first-order valence-electron chi connectivity index (χ1n) is 7.26. The van der Waals surface area contributed by atoms with Crippen LogP contribution in [0.2, 0.25) is 0 Å². The lowest BCUT2D eigenvalue weighted by Gasteiger charge is -2.30. The second-order valence-electron chi connectivity index (χ2n) is 5.50. The fourth-order valence-electron chi connectivity index (χ4n) is 2.90. The zero-order chi connectivity index (χ0) is 15.7. The van der Waals surface area contributed by atoms with Gasteiger partial charge in [-0.15, -0.1) is 0 Å². The molecule has 0 saturated carbocycles. The van der Waals surface area contributed by atoms with Gasteiger partial charge in [0.2, 0.25) is 5.91 Å². The van der Waals surface area contributed by atoms with Crippen molar-refractivity contribution in [3.63, 3.8) is 0 Å². The van der Waals surface area contributed by atoms with Crippen LogP contribution in [0.15, 0.2) is 18.2 Å². The number of nitrogens with one attached hydrogen (secondary N) is 1. The quantitative estimate of drug-likeness (QED) is 0.882. The van der Waals surface area contributed by atoms with Gasteiger partial charge < -0.3 is 20.4 Å². The number of carbonyl (C=O) groups excluding carboxylic acids is 2. The number of H-pyrrole nitrogens is 1. The molecule has 1 saturated heterocycles. The van der Waals surface area contributed by atoms with Gasteiger partial charge in [-0.05, 0) is 25.0 Å². The van der Waals surface area contributed by atoms with Crippen LogP contribution in [0.3, 0.4) is 0 Å². The van der Waals surface area contributed by atoms with Gasteiger partial charge in [0.15, 0.2) is 5.75 Å². The number of rotatable bonds is 2. The summed E-state index contributed by atoms with van der Waals surface area (Å²) >= 11 is 0. The van der Waals surface area contributed by atoms with E-state index in [1.54, 1.807) is 19.1 Å². The standard InChI is InChI=1S/C15H18N4O3/c1-9(20)19-7-3-4-10(8-19)14-17-11-5-2-6-12(13(11)18-14)22-15(16)21/h2,5-6,10H,3-4,7-8H2,1H3,(H2,16,21)(H,17,18). The number of nitrogens with two attached hydrogens (primary N) is 1. The van der Waals surface area contributed by atoms with Crippen molar-refractivity contribution in [2.75, 3.05) is 13.1 Å². The summed E-state index contributed by atoms with van der Waals surface area (Å²) in [5, 5.41) is 0. The number of piperidine rings is 1. The molecule has 7 nitrogen and oxygen atoms in total. The van der Waals surface area contributed by atoms with Crippen LogP contribution >= 0.6 is 0 Å². The van der Waals surface area contributed by atoms with Crippen LogP contribution in [0.25, 0.3) is 11.0 Å². The van der Waals surface area contributed by atoms with E-state index in [2.05, 4.69) is 9.97 Å². The summed E-state index contributed by atoms with van der Waals surface area (Å²) in [5.41, 5.74) is 6.44. The first-order chi connectivity index (χ1) is 10.5. The van der Waals surface area contributed by atoms with Crippen LogP contribution in [-0.2, 0) is 4.79 Å².